The number of fused-ring (bicyclic) bond motifs is 1. The van der Waals surface area contributed by atoms with E-state index in [0.29, 0.717) is 5.39 Å². The fourth-order valence-electron chi connectivity index (χ4n) is 1.49. The van der Waals surface area contributed by atoms with Crippen molar-refractivity contribution in [2.24, 2.45) is 0 Å². The summed E-state index contributed by atoms with van der Waals surface area (Å²) in [6.07, 6.45) is 0. The average Bonchev–Trinajstić information content (AvgIpc) is 2.15. The number of rotatable bonds is 1. The Morgan fingerprint density at radius 1 is 1.06 bits per heavy atom. The molecule has 0 heterocycles. The number of benzene rings is 2. The molecule has 0 amide bonds. The zero-order valence-electron chi connectivity index (χ0n) is 8.54. The van der Waals surface area contributed by atoms with Crippen molar-refractivity contribution in [1.82, 2.24) is 0 Å². The second-order valence-corrected chi connectivity index (χ2v) is 4.41. The van der Waals surface area contributed by atoms with E-state index in [-0.39, 0.29) is 34.9 Å². The van der Waals surface area contributed by atoms with Crippen LogP contribution in [0.3, 0.4) is 0 Å². The topological polar surface area (TPSA) is 77.4 Å². The Kier molecular flexibility index (Phi) is 3.98. The molecule has 0 aliphatic carbocycles. The predicted molar refractivity (Wildman–Crippen MR) is 53.6 cm³/mol. The van der Waals surface area contributed by atoms with Gasteiger partial charge < -0.3 is 9.66 Å². The second kappa shape index (κ2) is 4.73. The zero-order valence-corrected chi connectivity index (χ0v) is 11.4. The molecule has 16 heavy (non-hydrogen) atoms. The van der Waals surface area contributed by atoms with Crippen LogP contribution in [0, 0.1) is 0 Å². The van der Waals surface area contributed by atoms with E-state index in [0.717, 1.165) is 0 Å². The van der Waals surface area contributed by atoms with Gasteiger partial charge in [0.15, 0.2) is 0 Å². The Hall–Kier alpha value is -0.590. The van der Waals surface area contributed by atoms with Crippen LogP contribution in [-0.4, -0.2) is 18.1 Å². The van der Waals surface area contributed by atoms with E-state index in [2.05, 4.69) is 0 Å². The maximum atomic E-state index is 11.0. The van der Waals surface area contributed by atoms with Gasteiger partial charge in [-0.3, -0.25) is 0 Å². The van der Waals surface area contributed by atoms with Crippen molar-refractivity contribution in [3.05, 3.63) is 36.4 Å². The summed E-state index contributed by atoms with van der Waals surface area (Å²) in [6.45, 7) is 0. The van der Waals surface area contributed by atoms with Crippen LogP contribution in [-0.2, 0) is 10.1 Å². The standard InChI is InChI=1S/C10H8O4S.Na/c11-9-6-5-7-3-1-2-4-8(7)10(9)15(12,13)14;/h1-6,11H,(H,12,13,14);/q;+1/p-1. The van der Waals surface area contributed by atoms with E-state index < -0.39 is 20.8 Å². The van der Waals surface area contributed by atoms with Crippen LogP contribution in [0.5, 0.6) is 5.75 Å². The summed E-state index contributed by atoms with van der Waals surface area (Å²) in [5.74, 6) is -0.510. The SMILES string of the molecule is O=S(=O)([O-])c1c(O)ccc2ccccc12.[Na+]. The number of hydrogen-bond acceptors (Lipinski definition) is 4. The second-order valence-electron chi connectivity index (χ2n) is 3.09. The van der Waals surface area contributed by atoms with E-state index >= 15 is 0 Å². The predicted octanol–water partition coefficient (Wildman–Crippen LogP) is -1.55. The molecule has 0 aliphatic heterocycles. The number of aromatic hydroxyl groups is 1. The van der Waals surface area contributed by atoms with E-state index in [1.807, 2.05) is 0 Å². The minimum absolute atomic E-state index is 0. The molecule has 0 aromatic heterocycles. The Labute approximate surface area is 115 Å². The minimum Gasteiger partial charge on any atom is -0.744 e. The van der Waals surface area contributed by atoms with Gasteiger partial charge >= 0.3 is 29.6 Å². The van der Waals surface area contributed by atoms with Crippen LogP contribution in [0.15, 0.2) is 41.3 Å². The number of hydrogen-bond donors (Lipinski definition) is 1. The summed E-state index contributed by atoms with van der Waals surface area (Å²) in [6, 6.07) is 9.24. The molecule has 2 rings (SSSR count). The molecule has 0 bridgehead atoms. The molecular weight excluding hydrogens is 239 g/mol. The minimum atomic E-state index is -4.66. The monoisotopic (exact) mass is 246 g/mol. The molecule has 78 valence electrons. The molecule has 0 saturated carbocycles. The van der Waals surface area contributed by atoms with Gasteiger partial charge in [0.2, 0.25) is 0 Å². The van der Waals surface area contributed by atoms with Crippen LogP contribution in [0.1, 0.15) is 0 Å². The van der Waals surface area contributed by atoms with Crippen molar-refractivity contribution in [1.29, 1.82) is 0 Å². The number of phenolic OH excluding ortho intramolecular Hbond substituents is 1. The van der Waals surface area contributed by atoms with Crippen molar-refractivity contribution < 1.29 is 47.6 Å². The van der Waals surface area contributed by atoms with Crippen LogP contribution < -0.4 is 29.6 Å². The first-order valence-electron chi connectivity index (χ1n) is 4.17. The normalized spacial score (nSPS) is 11.1. The van der Waals surface area contributed by atoms with E-state index in [1.165, 1.54) is 12.1 Å². The summed E-state index contributed by atoms with van der Waals surface area (Å²) in [5, 5.41) is 10.2. The summed E-state index contributed by atoms with van der Waals surface area (Å²) in [4.78, 5) is -0.555. The van der Waals surface area contributed by atoms with Crippen LogP contribution in [0.4, 0.5) is 0 Å². The average molecular weight is 246 g/mol. The third-order valence-electron chi connectivity index (χ3n) is 2.11. The van der Waals surface area contributed by atoms with Gasteiger partial charge in [-0.25, -0.2) is 8.42 Å². The van der Waals surface area contributed by atoms with E-state index in [9.17, 15) is 18.1 Å². The summed E-state index contributed by atoms with van der Waals surface area (Å²) in [7, 11) is -4.66. The summed E-state index contributed by atoms with van der Waals surface area (Å²) in [5.41, 5.74) is 0. The van der Waals surface area contributed by atoms with Gasteiger partial charge in [-0.2, -0.15) is 0 Å². The Morgan fingerprint density at radius 3 is 2.31 bits per heavy atom. The van der Waals surface area contributed by atoms with Gasteiger partial charge in [0.25, 0.3) is 0 Å². The summed E-state index contributed by atoms with van der Waals surface area (Å²) < 4.78 is 32.9. The molecule has 2 aromatic carbocycles. The van der Waals surface area contributed by atoms with E-state index in [1.54, 1.807) is 24.3 Å². The molecule has 1 N–H and O–H groups in total. The Bertz CT molecular complexity index is 622. The fraction of sp³-hybridized carbons (Fsp3) is 0. The summed E-state index contributed by atoms with van der Waals surface area (Å²) >= 11 is 0. The van der Waals surface area contributed by atoms with Crippen LogP contribution in [0.25, 0.3) is 10.8 Å². The zero-order chi connectivity index (χ0) is 11.1. The van der Waals surface area contributed by atoms with Gasteiger partial charge in [0.05, 0.1) is 0 Å². The molecule has 0 spiro atoms. The molecule has 0 atom stereocenters. The molecule has 0 unspecified atom stereocenters. The van der Waals surface area contributed by atoms with Crippen LogP contribution >= 0.6 is 0 Å². The first kappa shape index (κ1) is 13.5. The molecule has 2 aromatic rings. The first-order valence-corrected chi connectivity index (χ1v) is 5.57. The van der Waals surface area contributed by atoms with Crippen molar-refractivity contribution >= 4 is 20.9 Å². The molecule has 0 fully saturated rings. The Morgan fingerprint density at radius 2 is 1.69 bits per heavy atom. The van der Waals surface area contributed by atoms with E-state index in [4.69, 9.17) is 0 Å². The van der Waals surface area contributed by atoms with Gasteiger partial charge in [-0.05, 0) is 11.5 Å². The third kappa shape index (κ3) is 2.39. The molecule has 0 aliphatic rings. The quantitative estimate of drug-likeness (QED) is 0.488. The molecule has 4 nitrogen and oxygen atoms in total. The van der Waals surface area contributed by atoms with Gasteiger partial charge in [0.1, 0.15) is 20.8 Å². The van der Waals surface area contributed by atoms with Gasteiger partial charge in [-0.15, -0.1) is 0 Å². The first-order chi connectivity index (χ1) is 7.00. The van der Waals surface area contributed by atoms with Gasteiger partial charge in [-0.1, -0.05) is 30.3 Å². The maximum absolute atomic E-state index is 11.0. The van der Waals surface area contributed by atoms with Gasteiger partial charge in [0, 0.05) is 5.39 Å². The van der Waals surface area contributed by atoms with Crippen molar-refractivity contribution in [2.45, 2.75) is 4.90 Å². The molecular formula is C10H7NaO4S. The van der Waals surface area contributed by atoms with Crippen molar-refractivity contribution in [2.75, 3.05) is 0 Å². The smallest absolute Gasteiger partial charge is 0.744 e. The molecule has 0 saturated heterocycles. The molecule has 0 radical (unpaired) electrons. The Balaban J connectivity index is 0.00000128. The van der Waals surface area contributed by atoms with Crippen molar-refractivity contribution in [3.8, 4) is 5.75 Å². The molecule has 6 heteroatoms. The number of phenols is 1. The third-order valence-corrected chi connectivity index (χ3v) is 3.04. The van der Waals surface area contributed by atoms with Crippen LogP contribution in [0.2, 0.25) is 0 Å². The maximum Gasteiger partial charge on any atom is 1.00 e. The van der Waals surface area contributed by atoms with Crippen molar-refractivity contribution in [3.63, 3.8) is 0 Å². The largest absolute Gasteiger partial charge is 1.00 e. The fourth-order valence-corrected chi connectivity index (χ4v) is 2.27.